The highest BCUT2D eigenvalue weighted by atomic mass is 35.5. The van der Waals surface area contributed by atoms with Crippen molar-refractivity contribution in [3.63, 3.8) is 0 Å². The number of rotatable bonds is 3. The average molecular weight is 430 g/mol. The van der Waals surface area contributed by atoms with E-state index in [1.165, 1.54) is 0 Å². The van der Waals surface area contributed by atoms with Gasteiger partial charge in [0, 0.05) is 23.7 Å². The molecule has 0 fully saturated rings. The number of hydrogen-bond acceptors (Lipinski definition) is 6. The van der Waals surface area contributed by atoms with Crippen LogP contribution in [0.2, 0.25) is 5.15 Å². The molecule has 0 bridgehead atoms. The first-order valence-corrected chi connectivity index (χ1v) is 9.93. The number of aromatic nitrogens is 5. The highest BCUT2D eigenvalue weighted by Crippen LogP contribution is 2.32. The van der Waals surface area contributed by atoms with Crippen LogP contribution in [0.15, 0.2) is 64.1 Å². The topological polar surface area (TPSA) is 97.6 Å². The Kier molecular flexibility index (Phi) is 4.60. The lowest BCUT2D eigenvalue weighted by Gasteiger charge is -2.10. The van der Waals surface area contributed by atoms with E-state index in [2.05, 4.69) is 15.0 Å². The van der Waals surface area contributed by atoms with E-state index >= 15 is 0 Å². The van der Waals surface area contributed by atoms with E-state index in [0.29, 0.717) is 44.8 Å². The molecule has 5 heterocycles. The fourth-order valence-electron chi connectivity index (χ4n) is 3.44. The zero-order chi connectivity index (χ0) is 21.5. The van der Waals surface area contributed by atoms with Gasteiger partial charge in [-0.05, 0) is 50.2 Å². The smallest absolute Gasteiger partial charge is 0.218 e. The summed E-state index contributed by atoms with van der Waals surface area (Å²) >= 11 is 6.20. The Morgan fingerprint density at radius 2 is 1.87 bits per heavy atom. The molecule has 0 aliphatic rings. The van der Waals surface area contributed by atoms with Crippen LogP contribution >= 0.6 is 11.6 Å². The van der Waals surface area contributed by atoms with Crippen molar-refractivity contribution in [3.05, 3.63) is 81.7 Å². The van der Waals surface area contributed by atoms with Gasteiger partial charge in [-0.25, -0.2) is 15.0 Å². The Morgan fingerprint density at radius 1 is 1.00 bits per heavy atom. The van der Waals surface area contributed by atoms with Crippen LogP contribution < -0.4 is 5.43 Å². The Balaban J connectivity index is 1.83. The van der Waals surface area contributed by atoms with Gasteiger partial charge in [0.1, 0.15) is 22.3 Å². The highest BCUT2D eigenvalue weighted by Gasteiger charge is 2.19. The maximum atomic E-state index is 13.3. The molecule has 0 saturated carbocycles. The van der Waals surface area contributed by atoms with Gasteiger partial charge in [0.2, 0.25) is 5.43 Å². The number of fused-ring (bicyclic) bond motifs is 1. The number of aromatic amines is 1. The molecule has 31 heavy (non-hydrogen) atoms. The lowest BCUT2D eigenvalue weighted by molar-refractivity contribution is 0.546. The van der Waals surface area contributed by atoms with Crippen LogP contribution in [-0.2, 0) is 0 Å². The SMILES string of the molecule is Cc1cc(-c2nc3c(=O)c(-c4ccccn4)c[nH]c3nc2-c2ccc(C)o2)cc(Cl)n1. The normalized spacial score (nSPS) is 11.2. The summed E-state index contributed by atoms with van der Waals surface area (Å²) in [6.07, 6.45) is 3.24. The van der Waals surface area contributed by atoms with E-state index < -0.39 is 0 Å². The third kappa shape index (κ3) is 3.49. The van der Waals surface area contributed by atoms with Crippen molar-refractivity contribution >= 4 is 22.8 Å². The highest BCUT2D eigenvalue weighted by molar-refractivity contribution is 6.29. The number of H-pyrrole nitrogens is 1. The molecular weight excluding hydrogens is 414 g/mol. The maximum absolute atomic E-state index is 13.3. The number of halogens is 1. The quantitative estimate of drug-likeness (QED) is 0.406. The predicted octanol–water partition coefficient (Wildman–Crippen LogP) is 4.97. The zero-order valence-corrected chi connectivity index (χ0v) is 17.4. The van der Waals surface area contributed by atoms with E-state index in [1.54, 1.807) is 30.6 Å². The summed E-state index contributed by atoms with van der Waals surface area (Å²) in [7, 11) is 0. The van der Waals surface area contributed by atoms with Crippen LogP contribution in [0.25, 0.3) is 45.1 Å². The summed E-state index contributed by atoms with van der Waals surface area (Å²) < 4.78 is 5.81. The van der Waals surface area contributed by atoms with Crippen LogP contribution in [0.5, 0.6) is 0 Å². The lowest BCUT2D eigenvalue weighted by Crippen LogP contribution is -2.11. The van der Waals surface area contributed by atoms with E-state index in [9.17, 15) is 4.79 Å². The van der Waals surface area contributed by atoms with Crippen molar-refractivity contribution in [1.82, 2.24) is 24.9 Å². The minimum Gasteiger partial charge on any atom is -0.460 e. The lowest BCUT2D eigenvalue weighted by atomic mass is 10.1. The molecule has 0 aromatic carbocycles. The number of furan rings is 1. The molecule has 0 radical (unpaired) electrons. The van der Waals surface area contributed by atoms with Crippen LogP contribution in [0.3, 0.4) is 0 Å². The first kappa shape index (κ1) is 19.1. The summed E-state index contributed by atoms with van der Waals surface area (Å²) in [6.45, 7) is 3.69. The molecule has 1 N–H and O–H groups in total. The van der Waals surface area contributed by atoms with Crippen molar-refractivity contribution < 1.29 is 4.42 Å². The molecule has 5 rings (SSSR count). The van der Waals surface area contributed by atoms with E-state index in [-0.39, 0.29) is 10.9 Å². The van der Waals surface area contributed by atoms with Gasteiger partial charge in [-0.3, -0.25) is 9.78 Å². The van der Waals surface area contributed by atoms with Gasteiger partial charge in [0.05, 0.1) is 11.3 Å². The number of pyridine rings is 3. The van der Waals surface area contributed by atoms with Gasteiger partial charge in [-0.15, -0.1) is 0 Å². The summed E-state index contributed by atoms with van der Waals surface area (Å²) in [4.78, 5) is 34.3. The van der Waals surface area contributed by atoms with Crippen LogP contribution in [0.1, 0.15) is 11.5 Å². The summed E-state index contributed by atoms with van der Waals surface area (Å²) in [6, 6.07) is 12.6. The third-order valence-electron chi connectivity index (χ3n) is 4.82. The molecular formula is C23H16ClN5O2. The molecule has 0 spiro atoms. The van der Waals surface area contributed by atoms with Crippen molar-refractivity contribution in [2.45, 2.75) is 13.8 Å². The fourth-order valence-corrected chi connectivity index (χ4v) is 3.69. The first-order chi connectivity index (χ1) is 15.0. The molecule has 0 atom stereocenters. The molecule has 5 aromatic rings. The zero-order valence-electron chi connectivity index (χ0n) is 16.7. The predicted molar refractivity (Wildman–Crippen MR) is 119 cm³/mol. The number of hydrogen-bond donors (Lipinski definition) is 1. The molecule has 152 valence electrons. The van der Waals surface area contributed by atoms with Gasteiger partial charge < -0.3 is 9.40 Å². The summed E-state index contributed by atoms with van der Waals surface area (Å²) in [5.41, 5.74) is 3.67. The Bertz CT molecular complexity index is 1470. The molecule has 0 amide bonds. The molecule has 0 unspecified atom stereocenters. The van der Waals surface area contributed by atoms with E-state index in [1.807, 2.05) is 38.1 Å². The average Bonchev–Trinajstić information content (AvgIpc) is 3.19. The van der Waals surface area contributed by atoms with Gasteiger partial charge in [-0.2, -0.15) is 0 Å². The van der Waals surface area contributed by atoms with Gasteiger partial charge >= 0.3 is 0 Å². The monoisotopic (exact) mass is 429 g/mol. The Morgan fingerprint density at radius 3 is 2.58 bits per heavy atom. The van der Waals surface area contributed by atoms with Crippen molar-refractivity contribution in [1.29, 1.82) is 0 Å². The van der Waals surface area contributed by atoms with Crippen molar-refractivity contribution in [2.75, 3.05) is 0 Å². The molecule has 8 heteroatoms. The third-order valence-corrected chi connectivity index (χ3v) is 5.01. The second kappa shape index (κ2) is 7.45. The second-order valence-electron chi connectivity index (χ2n) is 7.09. The minimum absolute atomic E-state index is 0.204. The Labute approximate surface area is 181 Å². The number of aryl methyl sites for hydroxylation is 2. The standard InChI is InChI=1S/C23H16ClN5O2/c1-12-9-14(10-18(24)27-12)19-20(17-7-6-13(2)31-17)29-23-21(28-19)22(30)15(11-26-23)16-5-3-4-8-25-16/h3-11H,1-2H3,(H,26,29,30). The fraction of sp³-hybridized carbons (Fsp3) is 0.0870. The Hall–Kier alpha value is -3.84. The number of nitrogens with one attached hydrogen (secondary N) is 1. The van der Waals surface area contributed by atoms with Crippen molar-refractivity contribution in [3.8, 4) is 34.0 Å². The molecule has 5 aromatic heterocycles. The molecule has 0 aliphatic carbocycles. The molecule has 0 aliphatic heterocycles. The first-order valence-electron chi connectivity index (χ1n) is 9.56. The van der Waals surface area contributed by atoms with E-state index in [4.69, 9.17) is 26.0 Å². The minimum atomic E-state index is -0.264. The van der Waals surface area contributed by atoms with Crippen LogP contribution in [0, 0.1) is 13.8 Å². The second-order valence-corrected chi connectivity index (χ2v) is 7.48. The van der Waals surface area contributed by atoms with Gasteiger partial charge in [0.15, 0.2) is 16.9 Å². The molecule has 0 saturated heterocycles. The summed E-state index contributed by atoms with van der Waals surface area (Å²) in [5.74, 6) is 1.29. The number of nitrogens with zero attached hydrogens (tertiary/aromatic N) is 4. The van der Waals surface area contributed by atoms with E-state index in [0.717, 1.165) is 11.5 Å². The largest absolute Gasteiger partial charge is 0.460 e. The molecule has 7 nitrogen and oxygen atoms in total. The van der Waals surface area contributed by atoms with Gasteiger partial charge in [0.25, 0.3) is 0 Å². The van der Waals surface area contributed by atoms with Gasteiger partial charge in [-0.1, -0.05) is 17.7 Å². The summed E-state index contributed by atoms with van der Waals surface area (Å²) in [5, 5.41) is 0.328. The van der Waals surface area contributed by atoms with Crippen LogP contribution in [0.4, 0.5) is 0 Å². The van der Waals surface area contributed by atoms with Crippen LogP contribution in [-0.4, -0.2) is 24.9 Å². The maximum Gasteiger partial charge on any atom is 0.218 e. The van der Waals surface area contributed by atoms with Crippen molar-refractivity contribution in [2.24, 2.45) is 0 Å².